The zero-order valence-electron chi connectivity index (χ0n) is 30.0. The lowest BCUT2D eigenvalue weighted by molar-refractivity contribution is -0.128. The van der Waals surface area contributed by atoms with Gasteiger partial charge in [0.05, 0.1) is 12.8 Å². The minimum Gasteiger partial charge on any atom is -0.356 e. The lowest BCUT2D eigenvalue weighted by Gasteiger charge is -2.52. The smallest absolute Gasteiger partial charge is 0.261 e. The van der Waals surface area contributed by atoms with Crippen molar-refractivity contribution in [1.82, 2.24) is 14.9 Å². The van der Waals surface area contributed by atoms with Gasteiger partial charge in [0, 0.05) is 69.8 Å². The van der Waals surface area contributed by atoms with Crippen molar-refractivity contribution in [3.05, 3.63) is 41.5 Å². The highest BCUT2D eigenvalue weighted by atomic mass is 32.2. The summed E-state index contributed by atoms with van der Waals surface area (Å²) in [7, 11) is -3.67. The first kappa shape index (κ1) is 35.3. The Morgan fingerprint density at radius 3 is 2.14 bits per heavy atom. The number of hydrogen-bond donors (Lipinski definition) is 1. The zero-order chi connectivity index (χ0) is 35.3. The van der Waals surface area contributed by atoms with Crippen LogP contribution in [0.4, 0.5) is 17.6 Å². The molecule has 8 rings (SSSR count). The van der Waals surface area contributed by atoms with E-state index in [1.165, 1.54) is 36.8 Å². The van der Waals surface area contributed by atoms with E-state index in [0.29, 0.717) is 30.4 Å². The Labute approximate surface area is 297 Å². The molecule has 4 aliphatic carbocycles. The molecule has 4 heterocycles. The summed E-state index contributed by atoms with van der Waals surface area (Å²) in [6.45, 7) is 13.1. The van der Waals surface area contributed by atoms with Crippen LogP contribution in [0.15, 0.2) is 41.5 Å². The van der Waals surface area contributed by atoms with Crippen LogP contribution in [0.3, 0.4) is 0 Å². The summed E-state index contributed by atoms with van der Waals surface area (Å²) < 4.78 is 25.9. The molecule has 5 fully saturated rings. The van der Waals surface area contributed by atoms with E-state index in [0.717, 1.165) is 102 Å². The third-order valence-electron chi connectivity index (χ3n) is 12.9. The van der Waals surface area contributed by atoms with E-state index in [2.05, 4.69) is 51.7 Å². The van der Waals surface area contributed by atoms with Crippen LogP contribution in [-0.2, 0) is 19.7 Å². The molecular formula is C38H54N6O5S. The average Bonchev–Trinajstić information content (AvgIpc) is 3.86. The van der Waals surface area contributed by atoms with Gasteiger partial charge in [0.2, 0.25) is 5.95 Å². The maximum Gasteiger partial charge on any atom is 0.261 e. The van der Waals surface area contributed by atoms with Crippen LogP contribution in [0.1, 0.15) is 71.6 Å². The van der Waals surface area contributed by atoms with Crippen LogP contribution in [0.5, 0.6) is 0 Å². The number of rotatable bonds is 6. The number of nitrogens with zero attached hydrogens (tertiary/aromatic N) is 6. The second-order valence-corrected chi connectivity index (χ2v) is 17.6. The van der Waals surface area contributed by atoms with Crippen molar-refractivity contribution in [2.75, 3.05) is 79.9 Å². The summed E-state index contributed by atoms with van der Waals surface area (Å²) in [4.78, 5) is 45.8. The number of anilines is 3. The normalized spacial score (nSPS) is 32.5. The third-order valence-corrected chi connectivity index (χ3v) is 12.9. The minimum atomic E-state index is -3.67. The number of carbonyl (C=O) groups excluding carboxylic acids is 2. The number of piperazine rings is 1. The van der Waals surface area contributed by atoms with Gasteiger partial charge in [0.25, 0.3) is 10.1 Å². The molecule has 272 valence electrons. The van der Waals surface area contributed by atoms with E-state index in [9.17, 15) is 18.0 Å². The quantitative estimate of drug-likeness (QED) is 0.326. The topological polar surface area (TPSA) is 127 Å². The molecule has 2 saturated carbocycles. The maximum atomic E-state index is 14.0. The second-order valence-electron chi connectivity index (χ2n) is 16.1. The lowest BCUT2D eigenvalue weighted by Crippen LogP contribution is -2.50. The first-order valence-electron chi connectivity index (χ1n) is 18.8. The third kappa shape index (κ3) is 7.04. The lowest BCUT2D eigenvalue weighted by atomic mass is 9.52. The fraction of sp³-hybridized carbons (Fsp3) is 0.684. The molecule has 0 unspecified atom stereocenters. The number of fused-ring (bicyclic) bond motifs is 5. The summed E-state index contributed by atoms with van der Waals surface area (Å²) in [5.74, 6) is 4.82. The van der Waals surface area contributed by atoms with Gasteiger partial charge in [-0.1, -0.05) is 30.2 Å². The number of ketones is 2. The van der Waals surface area contributed by atoms with Crippen molar-refractivity contribution in [2.24, 2.45) is 28.6 Å². The molecule has 7 aliphatic rings. The number of Topliss-reactive ketones (excluding diaryl/α,β-unsaturated/α-hetero) is 1. The van der Waals surface area contributed by atoms with Gasteiger partial charge < -0.3 is 14.7 Å². The zero-order valence-corrected chi connectivity index (χ0v) is 30.8. The van der Waals surface area contributed by atoms with Crippen molar-refractivity contribution in [3.8, 4) is 0 Å². The predicted molar refractivity (Wildman–Crippen MR) is 196 cm³/mol. The number of hydrogen-bond acceptors (Lipinski definition) is 10. The summed E-state index contributed by atoms with van der Waals surface area (Å²) >= 11 is 0. The Morgan fingerprint density at radius 2 is 1.50 bits per heavy atom. The molecule has 0 amide bonds. The highest BCUT2D eigenvalue weighted by Gasteiger charge is 2.57. The van der Waals surface area contributed by atoms with Crippen molar-refractivity contribution in [2.45, 2.75) is 71.6 Å². The van der Waals surface area contributed by atoms with Gasteiger partial charge in [0.15, 0.2) is 5.78 Å². The fourth-order valence-electron chi connectivity index (χ4n) is 10.3. The summed E-state index contributed by atoms with van der Waals surface area (Å²) in [5, 5.41) is 0. The molecule has 50 heavy (non-hydrogen) atoms. The molecule has 1 aromatic rings. The standard InChI is InChI=1S/C37H50N6O2.CH4O3S/c1-36-13-11-27(44)23-26(36)7-8-28-29-9-10-31(37(29,2)14-12-30(28)36)32(45)25-40-19-21-42(22-20-40)34-24-33(41-15-3-4-16-41)38-35(39-34)43-17-5-6-18-43;1-5(2,3)4/h11-13,23-24,28-29,31H,3-10,14-22,25H2,1-2H3;1H3,(H,2,3,4)/t28-,29+,31-,36+,37+;/m1./s1. The predicted octanol–water partition coefficient (Wildman–Crippen LogP) is 4.72. The highest BCUT2D eigenvalue weighted by molar-refractivity contribution is 7.85. The highest BCUT2D eigenvalue weighted by Crippen LogP contribution is 2.64. The molecular weight excluding hydrogens is 653 g/mol. The molecule has 11 nitrogen and oxygen atoms in total. The second kappa shape index (κ2) is 13.8. The molecule has 1 N–H and O–H groups in total. The van der Waals surface area contributed by atoms with Crippen molar-refractivity contribution < 1.29 is 22.6 Å². The Morgan fingerprint density at radius 1 is 0.900 bits per heavy atom. The first-order valence-corrected chi connectivity index (χ1v) is 20.6. The molecule has 0 bridgehead atoms. The molecule has 12 heteroatoms. The van der Waals surface area contributed by atoms with E-state index in [-0.39, 0.29) is 22.5 Å². The summed E-state index contributed by atoms with van der Waals surface area (Å²) in [5.41, 5.74) is 2.72. The van der Waals surface area contributed by atoms with Crippen molar-refractivity contribution in [1.29, 1.82) is 0 Å². The van der Waals surface area contributed by atoms with Gasteiger partial charge in [-0.3, -0.25) is 19.0 Å². The van der Waals surface area contributed by atoms with Gasteiger partial charge >= 0.3 is 0 Å². The molecule has 1 aromatic heterocycles. The van der Waals surface area contributed by atoms with Crippen LogP contribution in [0.2, 0.25) is 0 Å². The van der Waals surface area contributed by atoms with Gasteiger partial charge in [-0.15, -0.1) is 0 Å². The van der Waals surface area contributed by atoms with Crippen molar-refractivity contribution >= 4 is 39.3 Å². The SMILES string of the molecule is CS(=O)(=O)O.C[C@]12C=CC(=O)C=C1CC[C@H]1C2=CC[C@]2(C)[C@@H](C(=O)CN3CCN(c4cc(N5CCCC5)nc(N5CCCC5)n4)CC3)CC[C@@H]12. The minimum absolute atomic E-state index is 0.0394. The summed E-state index contributed by atoms with van der Waals surface area (Å²) in [6, 6.07) is 2.21. The molecule has 3 aliphatic heterocycles. The fourth-order valence-corrected chi connectivity index (χ4v) is 10.3. The average molecular weight is 707 g/mol. The van der Waals surface area contributed by atoms with Crippen LogP contribution in [0, 0.1) is 28.6 Å². The molecule has 0 radical (unpaired) electrons. The van der Waals surface area contributed by atoms with E-state index in [1.807, 2.05) is 6.08 Å². The first-order chi connectivity index (χ1) is 23.8. The van der Waals surface area contributed by atoms with E-state index in [4.69, 9.17) is 14.5 Å². The van der Waals surface area contributed by atoms with Crippen LogP contribution in [0.25, 0.3) is 0 Å². The van der Waals surface area contributed by atoms with Crippen molar-refractivity contribution in [3.63, 3.8) is 0 Å². The van der Waals surface area contributed by atoms with Crippen LogP contribution in [-0.4, -0.2) is 105 Å². The maximum absolute atomic E-state index is 14.0. The molecule has 5 atom stereocenters. The number of aromatic nitrogens is 2. The number of allylic oxidation sites excluding steroid dienone is 6. The van der Waals surface area contributed by atoms with E-state index < -0.39 is 10.1 Å². The Balaban J connectivity index is 0.000000734. The summed E-state index contributed by atoms with van der Waals surface area (Å²) in [6.07, 6.45) is 19.2. The van der Waals surface area contributed by atoms with Crippen LogP contribution >= 0.6 is 0 Å². The molecule has 3 saturated heterocycles. The molecule has 0 spiro atoms. The Kier molecular flexibility index (Phi) is 9.75. The Bertz CT molecular complexity index is 1650. The number of carbonyl (C=O) groups is 2. The Hall–Kier alpha value is -3.09. The van der Waals surface area contributed by atoms with Gasteiger partial charge in [-0.2, -0.15) is 18.4 Å². The van der Waals surface area contributed by atoms with Gasteiger partial charge in [-0.25, -0.2) is 0 Å². The van der Waals surface area contributed by atoms with E-state index >= 15 is 0 Å². The van der Waals surface area contributed by atoms with E-state index in [1.54, 1.807) is 6.08 Å². The largest absolute Gasteiger partial charge is 0.356 e. The van der Waals surface area contributed by atoms with Gasteiger partial charge in [-0.05, 0) is 94.1 Å². The van der Waals surface area contributed by atoms with Crippen LogP contribution < -0.4 is 14.7 Å². The molecule has 0 aromatic carbocycles. The van der Waals surface area contributed by atoms with Gasteiger partial charge in [0.1, 0.15) is 17.4 Å². The monoisotopic (exact) mass is 706 g/mol.